The molecule has 0 aromatic carbocycles. The molecular formula is C15H30ClI. The van der Waals surface area contributed by atoms with Crippen LogP contribution < -0.4 is 0 Å². The quantitative estimate of drug-likeness (QED) is 0.184. The summed E-state index contributed by atoms with van der Waals surface area (Å²) in [6.45, 7) is 2.28. The van der Waals surface area contributed by atoms with E-state index in [4.69, 9.17) is 11.6 Å². The lowest BCUT2D eigenvalue weighted by atomic mass is 10.1. The van der Waals surface area contributed by atoms with Crippen molar-refractivity contribution in [3.8, 4) is 0 Å². The van der Waals surface area contributed by atoms with E-state index in [1.54, 1.807) is 0 Å². The fourth-order valence-electron chi connectivity index (χ4n) is 2.14. The SMILES string of the molecule is CCCCCCCCCCCCCCC(Cl)I. The molecule has 0 amide bonds. The summed E-state index contributed by atoms with van der Waals surface area (Å²) >= 11 is 8.20. The van der Waals surface area contributed by atoms with Gasteiger partial charge < -0.3 is 0 Å². The van der Waals surface area contributed by atoms with Gasteiger partial charge in [-0.1, -0.05) is 107 Å². The summed E-state index contributed by atoms with van der Waals surface area (Å²) in [6, 6.07) is 0. The van der Waals surface area contributed by atoms with Crippen LogP contribution in [-0.4, -0.2) is 3.38 Å². The van der Waals surface area contributed by atoms with Gasteiger partial charge in [0.2, 0.25) is 0 Å². The Balaban J connectivity index is 2.89. The molecule has 0 heterocycles. The van der Waals surface area contributed by atoms with Crippen LogP contribution in [0.5, 0.6) is 0 Å². The van der Waals surface area contributed by atoms with Gasteiger partial charge in [0, 0.05) is 0 Å². The van der Waals surface area contributed by atoms with Crippen molar-refractivity contribution >= 4 is 34.2 Å². The second-order valence-corrected chi connectivity index (χ2v) is 7.84. The smallest absolute Gasteiger partial charge is 0.0850 e. The van der Waals surface area contributed by atoms with Crippen molar-refractivity contribution in [2.45, 2.75) is 93.8 Å². The Hall–Kier alpha value is 1.02. The number of hydrogen-bond donors (Lipinski definition) is 0. The number of hydrogen-bond acceptors (Lipinski definition) is 0. The lowest BCUT2D eigenvalue weighted by Crippen LogP contribution is -1.86. The number of unbranched alkanes of at least 4 members (excludes halogenated alkanes) is 11. The second kappa shape index (κ2) is 15.1. The van der Waals surface area contributed by atoms with Crippen LogP contribution in [0.3, 0.4) is 0 Å². The molecule has 1 atom stereocenters. The largest absolute Gasteiger partial charge is 0.111 e. The minimum atomic E-state index is 0.343. The fourth-order valence-corrected chi connectivity index (χ4v) is 2.73. The van der Waals surface area contributed by atoms with Gasteiger partial charge in [0.05, 0.1) is 3.38 Å². The van der Waals surface area contributed by atoms with E-state index in [-0.39, 0.29) is 0 Å². The highest BCUT2D eigenvalue weighted by atomic mass is 127. The third kappa shape index (κ3) is 17.0. The molecule has 104 valence electrons. The molecule has 0 aliphatic carbocycles. The zero-order chi connectivity index (χ0) is 12.8. The van der Waals surface area contributed by atoms with E-state index in [1.807, 2.05) is 0 Å². The molecule has 0 aliphatic heterocycles. The van der Waals surface area contributed by atoms with Crippen LogP contribution in [0, 0.1) is 0 Å². The minimum absolute atomic E-state index is 0.343. The number of rotatable bonds is 13. The summed E-state index contributed by atoms with van der Waals surface area (Å²) in [4.78, 5) is 0. The van der Waals surface area contributed by atoms with Crippen molar-refractivity contribution in [1.82, 2.24) is 0 Å². The minimum Gasteiger partial charge on any atom is -0.111 e. The standard InChI is InChI=1S/C15H30ClI/c1-2-3-4-5-6-7-8-9-10-11-12-13-14-15(16)17/h15H,2-14H2,1H3. The normalized spacial score (nSPS) is 12.9. The van der Waals surface area contributed by atoms with Crippen molar-refractivity contribution in [3.05, 3.63) is 0 Å². The van der Waals surface area contributed by atoms with Crippen molar-refractivity contribution in [2.75, 3.05) is 0 Å². The van der Waals surface area contributed by atoms with Gasteiger partial charge in [-0.25, -0.2) is 0 Å². The van der Waals surface area contributed by atoms with Crippen LogP contribution >= 0.6 is 34.2 Å². The fraction of sp³-hybridized carbons (Fsp3) is 1.00. The molecule has 0 radical (unpaired) electrons. The summed E-state index contributed by atoms with van der Waals surface area (Å²) < 4.78 is 0.343. The molecule has 0 nitrogen and oxygen atoms in total. The monoisotopic (exact) mass is 372 g/mol. The molecule has 0 aliphatic rings. The number of halogens is 2. The molecule has 0 aromatic rings. The Kier molecular flexibility index (Phi) is 16.0. The molecule has 0 bridgehead atoms. The van der Waals surface area contributed by atoms with Gasteiger partial charge in [0.25, 0.3) is 0 Å². The Morgan fingerprint density at radius 1 is 0.706 bits per heavy atom. The Morgan fingerprint density at radius 3 is 1.41 bits per heavy atom. The molecule has 0 aromatic heterocycles. The lowest BCUT2D eigenvalue weighted by Gasteiger charge is -2.03. The van der Waals surface area contributed by atoms with E-state index < -0.39 is 0 Å². The van der Waals surface area contributed by atoms with Crippen molar-refractivity contribution in [1.29, 1.82) is 0 Å². The summed E-state index contributed by atoms with van der Waals surface area (Å²) in [5.41, 5.74) is 0. The molecule has 0 rings (SSSR count). The summed E-state index contributed by atoms with van der Waals surface area (Å²) in [6.07, 6.45) is 18.2. The van der Waals surface area contributed by atoms with Gasteiger partial charge in [0.1, 0.15) is 0 Å². The maximum absolute atomic E-state index is 5.90. The average molecular weight is 373 g/mol. The van der Waals surface area contributed by atoms with E-state index in [9.17, 15) is 0 Å². The zero-order valence-corrected chi connectivity index (χ0v) is 14.4. The van der Waals surface area contributed by atoms with Crippen LogP contribution in [0.15, 0.2) is 0 Å². The van der Waals surface area contributed by atoms with E-state index >= 15 is 0 Å². The summed E-state index contributed by atoms with van der Waals surface area (Å²) in [5.74, 6) is 0. The molecule has 1 unspecified atom stereocenters. The van der Waals surface area contributed by atoms with E-state index in [0.29, 0.717) is 3.38 Å². The molecule has 0 saturated heterocycles. The Labute approximate surface area is 127 Å². The second-order valence-electron chi connectivity index (χ2n) is 5.07. The van der Waals surface area contributed by atoms with Gasteiger partial charge >= 0.3 is 0 Å². The molecule has 0 fully saturated rings. The van der Waals surface area contributed by atoms with Crippen LogP contribution in [-0.2, 0) is 0 Å². The van der Waals surface area contributed by atoms with Crippen molar-refractivity contribution in [2.24, 2.45) is 0 Å². The zero-order valence-electron chi connectivity index (χ0n) is 11.5. The highest BCUT2D eigenvalue weighted by molar-refractivity contribution is 14.1. The molecule has 0 N–H and O–H groups in total. The van der Waals surface area contributed by atoms with E-state index in [1.165, 1.54) is 83.5 Å². The van der Waals surface area contributed by atoms with Crippen molar-refractivity contribution < 1.29 is 0 Å². The van der Waals surface area contributed by atoms with Crippen LogP contribution in [0.25, 0.3) is 0 Å². The van der Waals surface area contributed by atoms with E-state index in [0.717, 1.165) is 0 Å². The first-order valence-corrected chi connectivity index (χ1v) is 9.23. The third-order valence-corrected chi connectivity index (χ3v) is 4.12. The van der Waals surface area contributed by atoms with Gasteiger partial charge in [0.15, 0.2) is 0 Å². The number of alkyl halides is 2. The topological polar surface area (TPSA) is 0 Å². The first-order valence-electron chi connectivity index (χ1n) is 7.55. The van der Waals surface area contributed by atoms with Gasteiger partial charge in [-0.2, -0.15) is 0 Å². The summed E-state index contributed by atoms with van der Waals surface area (Å²) in [7, 11) is 0. The van der Waals surface area contributed by atoms with Crippen molar-refractivity contribution in [3.63, 3.8) is 0 Å². The van der Waals surface area contributed by atoms with Crippen LogP contribution in [0.2, 0.25) is 0 Å². The van der Waals surface area contributed by atoms with Gasteiger partial charge in [-0.05, 0) is 6.42 Å². The van der Waals surface area contributed by atoms with Crippen LogP contribution in [0.1, 0.15) is 90.4 Å². The highest BCUT2D eigenvalue weighted by Crippen LogP contribution is 2.17. The molecule has 0 spiro atoms. The highest BCUT2D eigenvalue weighted by Gasteiger charge is 1.97. The Bertz CT molecular complexity index is 137. The summed E-state index contributed by atoms with van der Waals surface area (Å²) in [5, 5.41) is 0. The van der Waals surface area contributed by atoms with E-state index in [2.05, 4.69) is 29.5 Å². The molecule has 0 saturated carbocycles. The maximum Gasteiger partial charge on any atom is 0.0850 e. The first-order chi connectivity index (χ1) is 8.27. The maximum atomic E-state index is 5.90. The lowest BCUT2D eigenvalue weighted by molar-refractivity contribution is 0.542. The van der Waals surface area contributed by atoms with Gasteiger partial charge in [-0.15, -0.1) is 11.6 Å². The predicted molar refractivity (Wildman–Crippen MR) is 89.4 cm³/mol. The van der Waals surface area contributed by atoms with Crippen LogP contribution in [0.4, 0.5) is 0 Å². The third-order valence-electron chi connectivity index (χ3n) is 3.28. The predicted octanol–water partition coefficient (Wildman–Crippen LogP) is 7.08. The Morgan fingerprint density at radius 2 is 1.06 bits per heavy atom. The average Bonchev–Trinajstić information content (AvgIpc) is 2.30. The molecule has 17 heavy (non-hydrogen) atoms. The molecular weight excluding hydrogens is 343 g/mol. The van der Waals surface area contributed by atoms with Gasteiger partial charge in [-0.3, -0.25) is 0 Å². The first kappa shape index (κ1) is 18.0. The molecule has 2 heteroatoms.